The second-order valence-corrected chi connectivity index (χ2v) is 4.97. The Morgan fingerprint density at radius 1 is 1.24 bits per heavy atom. The highest BCUT2D eigenvalue weighted by atomic mass is 19.1. The number of halogens is 2. The lowest BCUT2D eigenvalue weighted by Gasteiger charge is -2.27. The van der Waals surface area contributed by atoms with Crippen molar-refractivity contribution in [3.8, 4) is 0 Å². The van der Waals surface area contributed by atoms with Crippen molar-refractivity contribution in [3.05, 3.63) is 34.6 Å². The molecule has 0 aromatic heterocycles. The minimum atomic E-state index is -1.17. The predicted octanol–water partition coefficient (Wildman–Crippen LogP) is 3.45. The Morgan fingerprint density at radius 3 is 2.47 bits per heavy atom. The molecule has 1 aliphatic rings. The van der Waals surface area contributed by atoms with E-state index in [0.717, 1.165) is 37.1 Å². The summed E-state index contributed by atoms with van der Waals surface area (Å²) in [6, 6.07) is 3.28. The first-order chi connectivity index (χ1) is 8.09. The third-order valence-corrected chi connectivity index (χ3v) is 3.55. The van der Waals surface area contributed by atoms with E-state index in [9.17, 15) is 8.78 Å². The Hall–Kier alpha value is -0.960. The summed E-state index contributed by atoms with van der Waals surface area (Å²) >= 11 is 0. The molecular weight excluding hydrogens is 220 g/mol. The number of benzene rings is 1. The first-order valence-electron chi connectivity index (χ1n) is 6.21. The van der Waals surface area contributed by atoms with Crippen LogP contribution in [0.1, 0.15) is 35.7 Å². The van der Waals surface area contributed by atoms with Gasteiger partial charge < -0.3 is 5.32 Å². The zero-order valence-electron chi connectivity index (χ0n) is 10.4. The van der Waals surface area contributed by atoms with Crippen LogP contribution < -0.4 is 5.32 Å². The van der Waals surface area contributed by atoms with E-state index < -0.39 is 12.0 Å². The van der Waals surface area contributed by atoms with Gasteiger partial charge in [0.1, 0.15) is 12.0 Å². The Bertz CT molecular complexity index is 374. The minimum Gasteiger partial charge on any atom is -0.317 e. The highest BCUT2D eigenvalue weighted by Gasteiger charge is 2.28. The first kappa shape index (κ1) is 12.5. The molecule has 1 atom stereocenters. The van der Waals surface area contributed by atoms with Crippen LogP contribution in [0.4, 0.5) is 8.78 Å². The molecule has 0 spiro atoms. The summed E-state index contributed by atoms with van der Waals surface area (Å²) in [7, 11) is 0. The van der Waals surface area contributed by atoms with Crippen molar-refractivity contribution in [2.24, 2.45) is 5.92 Å². The van der Waals surface area contributed by atoms with E-state index in [0.29, 0.717) is 0 Å². The summed E-state index contributed by atoms with van der Waals surface area (Å²) < 4.78 is 28.3. The van der Waals surface area contributed by atoms with E-state index in [4.69, 9.17) is 0 Å². The number of nitrogens with one attached hydrogen (secondary N) is 1. The van der Waals surface area contributed by atoms with Gasteiger partial charge in [-0.3, -0.25) is 0 Å². The van der Waals surface area contributed by atoms with Crippen molar-refractivity contribution in [2.75, 3.05) is 13.1 Å². The average molecular weight is 239 g/mol. The number of aryl methyl sites for hydroxylation is 2. The molecule has 1 fully saturated rings. The largest absolute Gasteiger partial charge is 0.317 e. The number of hydrogen-bond acceptors (Lipinski definition) is 1. The quantitative estimate of drug-likeness (QED) is 0.833. The average Bonchev–Trinajstić information content (AvgIpc) is 2.28. The van der Waals surface area contributed by atoms with Gasteiger partial charge in [-0.15, -0.1) is 0 Å². The lowest BCUT2D eigenvalue weighted by Crippen LogP contribution is -2.30. The monoisotopic (exact) mass is 239 g/mol. The van der Waals surface area contributed by atoms with Crippen molar-refractivity contribution >= 4 is 0 Å². The van der Waals surface area contributed by atoms with Gasteiger partial charge in [0.05, 0.1) is 0 Å². The maximum Gasteiger partial charge on any atom is 0.131 e. The standard InChI is InChI=1S/C14H19F2N/c1-9-7-10(2)13(12(15)8-9)14(16)11-3-5-17-6-4-11/h7-8,11,14,17H,3-6H2,1-2H3. The summed E-state index contributed by atoms with van der Waals surface area (Å²) in [5.41, 5.74) is 1.84. The summed E-state index contributed by atoms with van der Waals surface area (Å²) in [6.07, 6.45) is 0.402. The molecule has 0 radical (unpaired) electrons. The number of rotatable bonds is 2. The van der Waals surface area contributed by atoms with Gasteiger partial charge in [0.15, 0.2) is 0 Å². The van der Waals surface area contributed by atoms with Crippen LogP contribution in [0.15, 0.2) is 12.1 Å². The molecule has 1 N–H and O–H groups in total. The fourth-order valence-corrected chi connectivity index (χ4v) is 2.65. The van der Waals surface area contributed by atoms with Crippen molar-refractivity contribution < 1.29 is 8.78 Å². The number of hydrogen-bond donors (Lipinski definition) is 1. The van der Waals surface area contributed by atoms with Gasteiger partial charge in [-0.2, -0.15) is 0 Å². The van der Waals surface area contributed by atoms with E-state index in [-0.39, 0.29) is 11.5 Å². The van der Waals surface area contributed by atoms with Crippen LogP contribution in [0.2, 0.25) is 0 Å². The van der Waals surface area contributed by atoms with Gasteiger partial charge in [-0.25, -0.2) is 8.78 Å². The van der Waals surface area contributed by atoms with Crippen LogP contribution in [-0.2, 0) is 0 Å². The molecule has 1 saturated heterocycles. The smallest absolute Gasteiger partial charge is 0.131 e. The molecule has 94 valence electrons. The van der Waals surface area contributed by atoms with Gasteiger partial charge in [0.25, 0.3) is 0 Å². The third-order valence-electron chi connectivity index (χ3n) is 3.55. The van der Waals surface area contributed by atoms with Crippen LogP contribution in [-0.4, -0.2) is 13.1 Å². The molecule has 1 nitrogen and oxygen atoms in total. The minimum absolute atomic E-state index is 0.0489. The Balaban J connectivity index is 2.26. The van der Waals surface area contributed by atoms with Crippen molar-refractivity contribution in [2.45, 2.75) is 32.9 Å². The van der Waals surface area contributed by atoms with Gasteiger partial charge in [0, 0.05) is 5.56 Å². The molecule has 1 aromatic carbocycles. The highest BCUT2D eigenvalue weighted by Crippen LogP contribution is 2.35. The summed E-state index contributed by atoms with van der Waals surface area (Å²) in [5.74, 6) is -0.444. The lowest BCUT2D eigenvalue weighted by molar-refractivity contribution is 0.185. The Labute approximate surface area is 101 Å². The summed E-state index contributed by atoms with van der Waals surface area (Å²) in [4.78, 5) is 0. The topological polar surface area (TPSA) is 12.0 Å². The second-order valence-electron chi connectivity index (χ2n) is 4.97. The summed E-state index contributed by atoms with van der Waals surface area (Å²) in [5, 5.41) is 3.20. The van der Waals surface area contributed by atoms with Crippen molar-refractivity contribution in [3.63, 3.8) is 0 Å². The van der Waals surface area contributed by atoms with Crippen LogP contribution in [0, 0.1) is 25.6 Å². The van der Waals surface area contributed by atoms with E-state index in [2.05, 4.69) is 5.32 Å². The zero-order valence-corrected chi connectivity index (χ0v) is 10.4. The van der Waals surface area contributed by atoms with Crippen LogP contribution >= 0.6 is 0 Å². The zero-order chi connectivity index (χ0) is 12.4. The molecule has 0 bridgehead atoms. The molecule has 1 heterocycles. The van der Waals surface area contributed by atoms with Crippen LogP contribution in [0.3, 0.4) is 0 Å². The van der Waals surface area contributed by atoms with E-state index >= 15 is 0 Å². The SMILES string of the molecule is Cc1cc(C)c(C(F)C2CCNCC2)c(F)c1. The van der Waals surface area contributed by atoms with Gasteiger partial charge in [-0.1, -0.05) is 6.07 Å². The number of piperidine rings is 1. The van der Waals surface area contributed by atoms with E-state index in [1.165, 1.54) is 6.07 Å². The molecule has 0 saturated carbocycles. The molecule has 3 heteroatoms. The number of alkyl halides is 1. The Morgan fingerprint density at radius 2 is 1.88 bits per heavy atom. The van der Waals surface area contributed by atoms with Gasteiger partial charge >= 0.3 is 0 Å². The molecule has 0 aliphatic carbocycles. The van der Waals surface area contributed by atoms with Crippen LogP contribution in [0.25, 0.3) is 0 Å². The van der Waals surface area contributed by atoms with Gasteiger partial charge in [-0.05, 0) is 62.9 Å². The molecule has 1 aromatic rings. The predicted molar refractivity (Wildman–Crippen MR) is 65.3 cm³/mol. The third kappa shape index (κ3) is 2.65. The van der Waals surface area contributed by atoms with Crippen molar-refractivity contribution in [1.82, 2.24) is 5.32 Å². The molecule has 1 aliphatic heterocycles. The fourth-order valence-electron chi connectivity index (χ4n) is 2.65. The molecule has 1 unspecified atom stereocenters. The maximum absolute atomic E-state index is 14.4. The van der Waals surface area contributed by atoms with E-state index in [1.54, 1.807) is 6.92 Å². The van der Waals surface area contributed by atoms with E-state index in [1.807, 2.05) is 13.0 Å². The molecule has 17 heavy (non-hydrogen) atoms. The van der Waals surface area contributed by atoms with Crippen molar-refractivity contribution in [1.29, 1.82) is 0 Å². The molecular formula is C14H19F2N. The first-order valence-corrected chi connectivity index (χ1v) is 6.21. The highest BCUT2D eigenvalue weighted by molar-refractivity contribution is 5.34. The second kappa shape index (κ2) is 5.13. The Kier molecular flexibility index (Phi) is 3.77. The molecule has 0 amide bonds. The maximum atomic E-state index is 14.4. The van der Waals surface area contributed by atoms with Crippen LogP contribution in [0.5, 0.6) is 0 Å². The normalized spacial score (nSPS) is 19.3. The lowest BCUT2D eigenvalue weighted by atomic mass is 9.87. The fraction of sp³-hybridized carbons (Fsp3) is 0.571. The molecule has 2 rings (SSSR count). The van der Waals surface area contributed by atoms with Gasteiger partial charge in [0.2, 0.25) is 0 Å². The summed E-state index contributed by atoms with van der Waals surface area (Å²) in [6.45, 7) is 5.28.